The highest BCUT2D eigenvalue weighted by molar-refractivity contribution is 5.85. The molecule has 154 valence electrons. The van der Waals surface area contributed by atoms with Crippen LogP contribution in [0, 0.1) is 5.92 Å². The Balaban J connectivity index is 1.67. The zero-order valence-electron chi connectivity index (χ0n) is 17.1. The van der Waals surface area contributed by atoms with Crippen molar-refractivity contribution in [3.8, 4) is 0 Å². The Labute approximate surface area is 163 Å². The molecule has 0 aromatic heterocycles. The van der Waals surface area contributed by atoms with Gasteiger partial charge in [-0.2, -0.15) is 5.10 Å². The van der Waals surface area contributed by atoms with Crippen molar-refractivity contribution in [2.45, 2.75) is 70.0 Å². The highest BCUT2D eigenvalue weighted by Crippen LogP contribution is 2.25. The van der Waals surface area contributed by atoms with Crippen LogP contribution in [0.25, 0.3) is 0 Å². The Bertz CT molecular complexity index is 500. The van der Waals surface area contributed by atoms with Gasteiger partial charge in [0.05, 0.1) is 0 Å². The fraction of sp³-hybridized carbons (Fsp3) is 0.842. The minimum atomic E-state index is -0.0245. The molecular weight excluding hydrogens is 342 g/mol. The minimum absolute atomic E-state index is 0.0245. The molecule has 0 aromatic rings. The second-order valence-corrected chi connectivity index (χ2v) is 7.73. The number of rotatable bonds is 7. The summed E-state index contributed by atoms with van der Waals surface area (Å²) in [5.74, 6) is 0.485. The summed E-state index contributed by atoms with van der Waals surface area (Å²) in [5, 5.41) is 17.4. The molecule has 8 nitrogen and oxygen atoms in total. The third-order valence-electron chi connectivity index (χ3n) is 5.62. The maximum absolute atomic E-state index is 12.4. The predicted octanol–water partition coefficient (Wildman–Crippen LogP) is 1.20. The van der Waals surface area contributed by atoms with Gasteiger partial charge in [-0.25, -0.2) is 4.79 Å². The number of likely N-dealkylation sites (N-methyl/N-ethyl adjacent to an activating group) is 1. The van der Waals surface area contributed by atoms with Crippen molar-refractivity contribution in [1.82, 2.24) is 26.7 Å². The van der Waals surface area contributed by atoms with Crippen LogP contribution in [0.5, 0.6) is 0 Å². The summed E-state index contributed by atoms with van der Waals surface area (Å²) in [6.07, 6.45) is 9.04. The van der Waals surface area contributed by atoms with Gasteiger partial charge in [-0.05, 0) is 64.8 Å². The predicted molar refractivity (Wildman–Crippen MR) is 111 cm³/mol. The summed E-state index contributed by atoms with van der Waals surface area (Å²) in [4.78, 5) is 16.2. The molecule has 0 radical (unpaired) electrons. The van der Waals surface area contributed by atoms with Crippen LogP contribution in [0.15, 0.2) is 10.1 Å². The molecule has 1 aliphatic carbocycles. The van der Waals surface area contributed by atoms with Gasteiger partial charge in [-0.1, -0.05) is 0 Å². The molecule has 1 heterocycles. The maximum Gasteiger partial charge on any atom is 0.315 e. The highest BCUT2D eigenvalue weighted by atomic mass is 16.2. The average Bonchev–Trinajstić information content (AvgIpc) is 2.88. The molecule has 27 heavy (non-hydrogen) atoms. The standard InChI is InChI=1S/C19H37N7O/c1-14(26-23-13-21-3)15-7-9-16(10-8-15)24-19(27)25-18-6-4-5-17(11-20-2)22-12-18/h13,15-18,20,22H,4-12H2,1-3H3,(H,21,23)(H2,24,25,27)/b26-14+. The zero-order chi connectivity index (χ0) is 19.5. The van der Waals surface area contributed by atoms with Crippen LogP contribution in [-0.2, 0) is 0 Å². The van der Waals surface area contributed by atoms with Gasteiger partial charge in [0.25, 0.3) is 0 Å². The van der Waals surface area contributed by atoms with Gasteiger partial charge >= 0.3 is 6.03 Å². The lowest BCUT2D eigenvalue weighted by molar-refractivity contribution is 0.226. The normalized spacial score (nSPS) is 30.0. The molecule has 2 amide bonds. The van der Waals surface area contributed by atoms with Crippen LogP contribution < -0.4 is 26.7 Å². The van der Waals surface area contributed by atoms with Crippen molar-refractivity contribution in [3.63, 3.8) is 0 Å². The number of carbonyl (C=O) groups is 1. The number of hydrazone groups is 1. The SMILES string of the molecule is C/N=C\N/N=C(\C)C1CCC(NC(=O)NC2CCCC(CNC)NC2)CC1. The highest BCUT2D eigenvalue weighted by Gasteiger charge is 2.25. The van der Waals surface area contributed by atoms with Crippen molar-refractivity contribution >= 4 is 18.1 Å². The number of nitrogens with one attached hydrogen (secondary N) is 5. The summed E-state index contributed by atoms with van der Waals surface area (Å²) < 4.78 is 0. The van der Waals surface area contributed by atoms with E-state index >= 15 is 0 Å². The molecule has 1 saturated heterocycles. The molecule has 8 heteroatoms. The first kappa shape index (κ1) is 21.6. The van der Waals surface area contributed by atoms with E-state index in [4.69, 9.17) is 0 Å². The van der Waals surface area contributed by atoms with Crippen LogP contribution in [0.3, 0.4) is 0 Å². The van der Waals surface area contributed by atoms with E-state index in [1.54, 1.807) is 13.4 Å². The third kappa shape index (κ3) is 7.84. The topological polar surface area (TPSA) is 102 Å². The van der Waals surface area contributed by atoms with Crippen molar-refractivity contribution in [3.05, 3.63) is 0 Å². The lowest BCUT2D eigenvalue weighted by Gasteiger charge is -2.29. The van der Waals surface area contributed by atoms with E-state index in [1.807, 2.05) is 7.05 Å². The number of amides is 2. The number of carbonyl (C=O) groups excluding carboxylic acids is 1. The van der Waals surface area contributed by atoms with E-state index in [0.29, 0.717) is 12.0 Å². The number of hydrogen-bond acceptors (Lipinski definition) is 5. The fourth-order valence-electron chi connectivity index (χ4n) is 4.02. The number of hydrogen-bond donors (Lipinski definition) is 5. The van der Waals surface area contributed by atoms with Gasteiger partial charge in [0, 0.05) is 44.0 Å². The summed E-state index contributed by atoms with van der Waals surface area (Å²) >= 11 is 0. The van der Waals surface area contributed by atoms with Crippen molar-refractivity contribution in [2.75, 3.05) is 27.2 Å². The molecule has 2 aliphatic rings. The minimum Gasteiger partial charge on any atom is -0.335 e. The molecule has 2 atom stereocenters. The van der Waals surface area contributed by atoms with Crippen LogP contribution >= 0.6 is 0 Å². The van der Waals surface area contributed by atoms with Crippen LogP contribution in [0.4, 0.5) is 4.79 Å². The fourth-order valence-corrected chi connectivity index (χ4v) is 4.02. The summed E-state index contributed by atoms with van der Waals surface area (Å²) in [6, 6.07) is 0.950. The smallest absolute Gasteiger partial charge is 0.315 e. The monoisotopic (exact) mass is 379 g/mol. The summed E-state index contributed by atoms with van der Waals surface area (Å²) in [7, 11) is 3.69. The summed E-state index contributed by atoms with van der Waals surface area (Å²) in [5.41, 5.74) is 3.95. The van der Waals surface area contributed by atoms with Crippen LogP contribution in [-0.4, -0.2) is 63.4 Å². The lowest BCUT2D eigenvalue weighted by Crippen LogP contribution is -2.50. The number of urea groups is 1. The van der Waals surface area contributed by atoms with Crippen LogP contribution in [0.2, 0.25) is 0 Å². The van der Waals surface area contributed by atoms with Gasteiger partial charge in [-0.15, -0.1) is 0 Å². The molecule has 1 saturated carbocycles. The quantitative estimate of drug-likeness (QED) is 0.261. The molecule has 5 N–H and O–H groups in total. The van der Waals surface area contributed by atoms with Gasteiger partial charge in [-0.3, -0.25) is 10.4 Å². The zero-order valence-corrected chi connectivity index (χ0v) is 17.1. The average molecular weight is 380 g/mol. The Morgan fingerprint density at radius 1 is 1.11 bits per heavy atom. The molecular formula is C19H37N7O. The molecule has 0 bridgehead atoms. The third-order valence-corrected chi connectivity index (χ3v) is 5.62. The van der Waals surface area contributed by atoms with Crippen LogP contribution in [0.1, 0.15) is 51.9 Å². The largest absolute Gasteiger partial charge is 0.335 e. The van der Waals surface area contributed by atoms with E-state index in [9.17, 15) is 4.79 Å². The number of aliphatic imine (C=N–C) groups is 1. The molecule has 2 unspecified atom stereocenters. The van der Waals surface area contributed by atoms with E-state index in [1.165, 1.54) is 0 Å². The molecule has 0 spiro atoms. The van der Waals surface area contributed by atoms with Gasteiger partial charge in [0.1, 0.15) is 6.34 Å². The molecule has 0 aromatic carbocycles. The first-order chi connectivity index (χ1) is 13.1. The van der Waals surface area contributed by atoms with Crippen molar-refractivity contribution in [1.29, 1.82) is 0 Å². The van der Waals surface area contributed by atoms with E-state index < -0.39 is 0 Å². The Morgan fingerprint density at radius 3 is 2.56 bits per heavy atom. The van der Waals surface area contributed by atoms with Crippen molar-refractivity contribution < 1.29 is 4.79 Å². The second kappa shape index (κ2) is 11.9. The first-order valence-corrected chi connectivity index (χ1v) is 10.3. The Kier molecular flexibility index (Phi) is 9.55. The van der Waals surface area contributed by atoms with Crippen molar-refractivity contribution in [2.24, 2.45) is 16.0 Å². The molecule has 1 aliphatic heterocycles. The first-order valence-electron chi connectivity index (χ1n) is 10.3. The summed E-state index contributed by atoms with van der Waals surface area (Å²) in [6.45, 7) is 3.88. The lowest BCUT2D eigenvalue weighted by atomic mass is 9.83. The molecule has 2 rings (SSSR count). The Hall–Kier alpha value is -1.67. The van der Waals surface area contributed by atoms with E-state index in [2.05, 4.69) is 43.7 Å². The van der Waals surface area contributed by atoms with Gasteiger partial charge in [0.15, 0.2) is 0 Å². The van der Waals surface area contributed by atoms with Gasteiger partial charge < -0.3 is 21.3 Å². The maximum atomic E-state index is 12.4. The molecule has 2 fully saturated rings. The van der Waals surface area contributed by atoms with E-state index in [-0.39, 0.29) is 18.1 Å². The Morgan fingerprint density at radius 2 is 1.85 bits per heavy atom. The second-order valence-electron chi connectivity index (χ2n) is 7.73. The van der Waals surface area contributed by atoms with Gasteiger partial charge in [0.2, 0.25) is 0 Å². The number of nitrogens with zero attached hydrogens (tertiary/aromatic N) is 2. The van der Waals surface area contributed by atoms with E-state index in [0.717, 1.165) is 63.7 Å².